The highest BCUT2D eigenvalue weighted by Crippen LogP contribution is 2.36. The van der Waals surface area contributed by atoms with Crippen LogP contribution in [0.1, 0.15) is 20.8 Å². The van der Waals surface area contributed by atoms with Crippen LogP contribution in [-0.2, 0) is 28.2 Å². The highest BCUT2D eigenvalue weighted by Gasteiger charge is 2.36. The van der Waals surface area contributed by atoms with Crippen LogP contribution in [0.2, 0.25) is 18.1 Å². The van der Waals surface area contributed by atoms with E-state index in [1.54, 1.807) is 0 Å². The SMILES string of the molecule is CC(C)(C)[Si](C)(C)OCCOCCOCCOCCOCC=O. The van der Waals surface area contributed by atoms with E-state index in [9.17, 15) is 4.79 Å². The van der Waals surface area contributed by atoms with E-state index in [1.165, 1.54) is 0 Å². The summed E-state index contributed by atoms with van der Waals surface area (Å²) in [5, 5.41) is 0.231. The first kappa shape index (κ1) is 22.7. The van der Waals surface area contributed by atoms with Crippen LogP contribution in [0, 0.1) is 0 Å². The van der Waals surface area contributed by atoms with Gasteiger partial charge in [-0.1, -0.05) is 20.8 Å². The normalized spacial score (nSPS) is 12.6. The van der Waals surface area contributed by atoms with Crippen molar-refractivity contribution < 1.29 is 28.2 Å². The molecule has 0 saturated carbocycles. The molecule has 0 aromatic rings. The van der Waals surface area contributed by atoms with E-state index in [4.69, 9.17) is 23.4 Å². The first-order chi connectivity index (χ1) is 10.8. The highest BCUT2D eigenvalue weighted by atomic mass is 28.4. The Morgan fingerprint density at radius 3 is 1.52 bits per heavy atom. The van der Waals surface area contributed by atoms with Gasteiger partial charge in [0.25, 0.3) is 0 Å². The lowest BCUT2D eigenvalue weighted by molar-refractivity contribution is -0.112. The maximum absolute atomic E-state index is 10.00. The van der Waals surface area contributed by atoms with Gasteiger partial charge >= 0.3 is 0 Å². The lowest BCUT2D eigenvalue weighted by Crippen LogP contribution is -2.41. The Morgan fingerprint density at radius 1 is 0.739 bits per heavy atom. The van der Waals surface area contributed by atoms with E-state index in [0.29, 0.717) is 52.9 Å². The van der Waals surface area contributed by atoms with Gasteiger partial charge in [-0.25, -0.2) is 0 Å². The van der Waals surface area contributed by atoms with E-state index >= 15 is 0 Å². The third kappa shape index (κ3) is 12.7. The number of hydrogen-bond donors (Lipinski definition) is 0. The first-order valence-corrected chi connectivity index (χ1v) is 11.1. The van der Waals surface area contributed by atoms with Crippen molar-refractivity contribution in [3.63, 3.8) is 0 Å². The largest absolute Gasteiger partial charge is 0.414 e. The van der Waals surface area contributed by atoms with Crippen LogP contribution in [-0.4, -0.2) is 74.1 Å². The molecule has 6 nitrogen and oxygen atoms in total. The molecule has 0 radical (unpaired) electrons. The van der Waals surface area contributed by atoms with Crippen LogP contribution < -0.4 is 0 Å². The molecule has 0 aliphatic heterocycles. The van der Waals surface area contributed by atoms with Gasteiger partial charge in [0, 0.05) is 0 Å². The molecule has 138 valence electrons. The molecule has 0 bridgehead atoms. The van der Waals surface area contributed by atoms with Crippen LogP contribution in [0.3, 0.4) is 0 Å². The van der Waals surface area contributed by atoms with E-state index in [1.807, 2.05) is 0 Å². The summed E-state index contributed by atoms with van der Waals surface area (Å²) in [6.07, 6.45) is 0.723. The van der Waals surface area contributed by atoms with Crippen molar-refractivity contribution in [1.82, 2.24) is 0 Å². The standard InChI is InChI=1S/C16H34O6Si/c1-16(2,3)23(4,5)22-15-14-21-13-12-20-11-10-19-9-8-18-7-6-17/h6H,7-15H2,1-5H3. The van der Waals surface area contributed by atoms with Crippen molar-refractivity contribution in [1.29, 1.82) is 0 Å². The number of ether oxygens (including phenoxy) is 4. The molecule has 0 fully saturated rings. The molecule has 0 aliphatic carbocycles. The molecule has 0 unspecified atom stereocenters. The third-order valence-corrected chi connectivity index (χ3v) is 8.34. The number of carbonyl (C=O) groups is 1. The third-order valence-electron chi connectivity index (χ3n) is 3.80. The van der Waals surface area contributed by atoms with Crippen molar-refractivity contribution in [2.45, 2.75) is 38.9 Å². The zero-order valence-corrected chi connectivity index (χ0v) is 16.4. The van der Waals surface area contributed by atoms with Gasteiger partial charge in [0.15, 0.2) is 8.32 Å². The summed E-state index contributed by atoms with van der Waals surface area (Å²) in [4.78, 5) is 10.00. The van der Waals surface area contributed by atoms with Crippen molar-refractivity contribution in [2.24, 2.45) is 0 Å². The van der Waals surface area contributed by atoms with E-state index < -0.39 is 8.32 Å². The molecule has 0 N–H and O–H groups in total. The second-order valence-corrected chi connectivity index (χ2v) is 11.5. The molecular weight excluding hydrogens is 316 g/mol. The lowest BCUT2D eigenvalue weighted by atomic mass is 10.2. The summed E-state index contributed by atoms with van der Waals surface area (Å²) in [6.45, 7) is 15.6. The summed E-state index contributed by atoms with van der Waals surface area (Å²) in [6, 6.07) is 0. The molecule has 0 aromatic carbocycles. The molecule has 23 heavy (non-hydrogen) atoms. The van der Waals surface area contributed by atoms with E-state index in [0.717, 1.165) is 6.29 Å². The average molecular weight is 351 g/mol. The Kier molecular flexibility index (Phi) is 12.9. The summed E-state index contributed by atoms with van der Waals surface area (Å²) < 4.78 is 27.1. The summed E-state index contributed by atoms with van der Waals surface area (Å²) in [5.41, 5.74) is 0. The maximum Gasteiger partial charge on any atom is 0.192 e. The van der Waals surface area contributed by atoms with Crippen LogP contribution in [0.15, 0.2) is 0 Å². The maximum atomic E-state index is 10.00. The van der Waals surface area contributed by atoms with Gasteiger partial charge in [0.2, 0.25) is 0 Å². The van der Waals surface area contributed by atoms with Gasteiger partial charge in [-0.05, 0) is 18.1 Å². The molecule has 7 heteroatoms. The van der Waals surface area contributed by atoms with Gasteiger partial charge in [-0.3, -0.25) is 0 Å². The lowest BCUT2D eigenvalue weighted by Gasteiger charge is -2.36. The topological polar surface area (TPSA) is 63.2 Å². The van der Waals surface area contributed by atoms with Crippen LogP contribution in [0.4, 0.5) is 0 Å². The Hall–Kier alpha value is -0.313. The molecule has 0 aromatic heterocycles. The molecule has 0 amide bonds. The fourth-order valence-electron chi connectivity index (χ4n) is 1.36. The van der Waals surface area contributed by atoms with Crippen molar-refractivity contribution >= 4 is 14.6 Å². The zero-order chi connectivity index (χ0) is 17.6. The smallest absolute Gasteiger partial charge is 0.192 e. The minimum atomic E-state index is -1.66. The Balaban J connectivity index is 3.27. The number of aldehydes is 1. The van der Waals surface area contributed by atoms with Gasteiger partial charge in [0.05, 0.1) is 52.9 Å². The number of carbonyl (C=O) groups excluding carboxylic acids is 1. The Morgan fingerprint density at radius 2 is 1.13 bits per heavy atom. The van der Waals surface area contributed by atoms with Gasteiger partial charge < -0.3 is 28.2 Å². The number of hydrogen-bond acceptors (Lipinski definition) is 6. The van der Waals surface area contributed by atoms with Gasteiger partial charge in [0.1, 0.15) is 12.9 Å². The number of rotatable bonds is 15. The highest BCUT2D eigenvalue weighted by molar-refractivity contribution is 6.74. The second-order valence-electron chi connectivity index (χ2n) is 6.69. The quantitative estimate of drug-likeness (QED) is 0.256. The molecule has 0 atom stereocenters. The van der Waals surface area contributed by atoms with E-state index in [2.05, 4.69) is 33.9 Å². The van der Waals surface area contributed by atoms with Crippen molar-refractivity contribution in [3.05, 3.63) is 0 Å². The zero-order valence-electron chi connectivity index (χ0n) is 15.4. The summed E-state index contributed by atoms with van der Waals surface area (Å²) in [5.74, 6) is 0. The van der Waals surface area contributed by atoms with E-state index in [-0.39, 0.29) is 11.6 Å². The van der Waals surface area contributed by atoms with Crippen molar-refractivity contribution in [3.8, 4) is 0 Å². The van der Waals surface area contributed by atoms with Gasteiger partial charge in [-0.15, -0.1) is 0 Å². The molecule has 0 saturated heterocycles. The summed E-state index contributed by atoms with van der Waals surface area (Å²) in [7, 11) is -1.66. The Labute approximate surface area is 141 Å². The Bertz CT molecular complexity index is 291. The van der Waals surface area contributed by atoms with Crippen molar-refractivity contribution in [2.75, 3.05) is 59.5 Å². The minimum absolute atomic E-state index is 0.121. The van der Waals surface area contributed by atoms with Crippen LogP contribution in [0.5, 0.6) is 0 Å². The second kappa shape index (κ2) is 13.0. The minimum Gasteiger partial charge on any atom is -0.414 e. The molecule has 0 spiro atoms. The molecular formula is C16H34O6Si. The predicted molar refractivity (Wildman–Crippen MR) is 92.5 cm³/mol. The van der Waals surface area contributed by atoms with Gasteiger partial charge in [-0.2, -0.15) is 0 Å². The van der Waals surface area contributed by atoms with Crippen LogP contribution >= 0.6 is 0 Å². The first-order valence-electron chi connectivity index (χ1n) is 8.20. The average Bonchev–Trinajstić information content (AvgIpc) is 2.46. The summed E-state index contributed by atoms with van der Waals surface area (Å²) >= 11 is 0. The predicted octanol–water partition coefficient (Wildman–Crippen LogP) is 2.27. The fourth-order valence-corrected chi connectivity index (χ4v) is 2.39. The molecule has 0 heterocycles. The molecule has 0 rings (SSSR count). The monoisotopic (exact) mass is 350 g/mol. The molecule has 0 aliphatic rings. The fraction of sp³-hybridized carbons (Fsp3) is 0.938. The van der Waals surface area contributed by atoms with Crippen LogP contribution in [0.25, 0.3) is 0 Å².